The highest BCUT2D eigenvalue weighted by molar-refractivity contribution is 6.31. The summed E-state index contributed by atoms with van der Waals surface area (Å²) in [4.78, 5) is 0. The zero-order chi connectivity index (χ0) is 14.7. The zero-order valence-corrected chi connectivity index (χ0v) is 12.1. The molecule has 0 heterocycles. The van der Waals surface area contributed by atoms with E-state index in [0.717, 1.165) is 5.56 Å². The lowest BCUT2D eigenvalue weighted by molar-refractivity contribution is 0.174. The van der Waals surface area contributed by atoms with Gasteiger partial charge in [-0.05, 0) is 42.3 Å². The predicted molar refractivity (Wildman–Crippen MR) is 77.8 cm³/mol. The molecule has 2 nitrogen and oxygen atoms in total. The summed E-state index contributed by atoms with van der Waals surface area (Å²) in [6, 6.07) is 9.69. The Morgan fingerprint density at radius 1 is 1.25 bits per heavy atom. The van der Waals surface area contributed by atoms with E-state index in [2.05, 4.69) is 0 Å². The van der Waals surface area contributed by atoms with E-state index < -0.39 is 6.10 Å². The quantitative estimate of drug-likeness (QED) is 0.921. The van der Waals surface area contributed by atoms with E-state index in [0.29, 0.717) is 21.9 Å². The third kappa shape index (κ3) is 3.30. The van der Waals surface area contributed by atoms with Gasteiger partial charge in [0.2, 0.25) is 0 Å². The Kier molecular flexibility index (Phi) is 4.63. The van der Waals surface area contributed by atoms with Crippen LogP contribution in [0.25, 0.3) is 0 Å². The lowest BCUT2D eigenvalue weighted by Gasteiger charge is -2.16. The lowest BCUT2D eigenvalue weighted by Crippen LogP contribution is -2.05. The van der Waals surface area contributed by atoms with Crippen molar-refractivity contribution in [3.63, 3.8) is 0 Å². The second kappa shape index (κ2) is 6.25. The van der Waals surface area contributed by atoms with Gasteiger partial charge in [0.15, 0.2) is 0 Å². The Hall–Kier alpha value is -1.58. The van der Waals surface area contributed by atoms with Crippen LogP contribution in [-0.4, -0.2) is 12.2 Å². The smallest absolute Gasteiger partial charge is 0.124 e. The zero-order valence-electron chi connectivity index (χ0n) is 11.4. The molecule has 4 heteroatoms. The number of aliphatic hydroxyl groups is 1. The first kappa shape index (κ1) is 14.8. The van der Waals surface area contributed by atoms with Gasteiger partial charge in [0.05, 0.1) is 13.2 Å². The summed E-state index contributed by atoms with van der Waals surface area (Å²) < 4.78 is 18.5. The molecule has 0 aliphatic heterocycles. The average molecular weight is 295 g/mol. The second-order valence-electron chi connectivity index (χ2n) is 4.70. The van der Waals surface area contributed by atoms with Crippen molar-refractivity contribution in [1.82, 2.24) is 0 Å². The summed E-state index contributed by atoms with van der Waals surface area (Å²) in [6.07, 6.45) is -0.569. The number of hydrogen-bond acceptors (Lipinski definition) is 2. The second-order valence-corrected chi connectivity index (χ2v) is 5.11. The van der Waals surface area contributed by atoms with Crippen LogP contribution >= 0.6 is 11.6 Å². The van der Waals surface area contributed by atoms with Crippen LogP contribution in [0, 0.1) is 12.7 Å². The first-order valence-electron chi connectivity index (χ1n) is 6.28. The van der Waals surface area contributed by atoms with Crippen LogP contribution in [0.1, 0.15) is 22.8 Å². The number of hydrogen-bond donors (Lipinski definition) is 1. The molecule has 0 saturated heterocycles. The van der Waals surface area contributed by atoms with Gasteiger partial charge in [-0.1, -0.05) is 23.7 Å². The Labute approximate surface area is 122 Å². The standard InChI is InChI=1S/C16H16ClFO2/c1-10-3-5-13(16(7-10)20-2)15(19)9-11-8-12(18)4-6-14(11)17/h3-8,15,19H,9H2,1-2H3. The molecular formula is C16H16ClFO2. The molecule has 0 aromatic heterocycles. The number of aliphatic hydroxyl groups excluding tert-OH is 1. The maximum atomic E-state index is 13.2. The highest BCUT2D eigenvalue weighted by Gasteiger charge is 2.16. The van der Waals surface area contributed by atoms with Crippen LogP contribution in [0.4, 0.5) is 4.39 Å². The predicted octanol–water partition coefficient (Wildman–Crippen LogP) is 4.07. The van der Waals surface area contributed by atoms with Gasteiger partial charge in [0.1, 0.15) is 11.6 Å². The topological polar surface area (TPSA) is 29.5 Å². The van der Waals surface area contributed by atoms with Crippen LogP contribution in [0.15, 0.2) is 36.4 Å². The largest absolute Gasteiger partial charge is 0.496 e. The summed E-state index contributed by atoms with van der Waals surface area (Å²) in [5, 5.41) is 10.8. The molecule has 0 fully saturated rings. The van der Waals surface area contributed by atoms with Gasteiger partial charge in [-0.2, -0.15) is 0 Å². The Morgan fingerprint density at radius 2 is 2.00 bits per heavy atom. The van der Waals surface area contributed by atoms with Crippen LogP contribution in [0.5, 0.6) is 5.75 Å². The maximum absolute atomic E-state index is 13.2. The monoisotopic (exact) mass is 294 g/mol. The van der Waals surface area contributed by atoms with Crippen LogP contribution in [0.2, 0.25) is 5.02 Å². The molecule has 2 aromatic rings. The van der Waals surface area contributed by atoms with Crippen molar-refractivity contribution < 1.29 is 14.2 Å². The fourth-order valence-corrected chi connectivity index (χ4v) is 2.31. The van der Waals surface area contributed by atoms with Crippen molar-refractivity contribution in [1.29, 1.82) is 0 Å². The number of methoxy groups -OCH3 is 1. The minimum absolute atomic E-state index is 0.232. The third-order valence-corrected chi connectivity index (χ3v) is 3.54. The van der Waals surface area contributed by atoms with E-state index in [-0.39, 0.29) is 12.2 Å². The van der Waals surface area contributed by atoms with Gasteiger partial charge in [0.25, 0.3) is 0 Å². The van der Waals surface area contributed by atoms with E-state index in [1.54, 1.807) is 7.11 Å². The van der Waals surface area contributed by atoms with Crippen LogP contribution in [-0.2, 0) is 6.42 Å². The molecule has 0 amide bonds. The highest BCUT2D eigenvalue weighted by Crippen LogP contribution is 2.30. The van der Waals surface area contributed by atoms with Crippen molar-refractivity contribution in [3.05, 3.63) is 63.9 Å². The summed E-state index contributed by atoms with van der Waals surface area (Å²) in [6.45, 7) is 1.95. The number of aryl methyl sites for hydroxylation is 1. The Bertz CT molecular complexity index is 613. The minimum atomic E-state index is -0.801. The average Bonchev–Trinajstić information content (AvgIpc) is 2.42. The van der Waals surface area contributed by atoms with Gasteiger partial charge in [0, 0.05) is 17.0 Å². The van der Waals surface area contributed by atoms with E-state index in [4.69, 9.17) is 16.3 Å². The van der Waals surface area contributed by atoms with Gasteiger partial charge >= 0.3 is 0 Å². The van der Waals surface area contributed by atoms with Crippen LogP contribution in [0.3, 0.4) is 0 Å². The summed E-state index contributed by atoms with van der Waals surface area (Å²) >= 11 is 6.02. The number of halogens is 2. The SMILES string of the molecule is COc1cc(C)ccc1C(O)Cc1cc(F)ccc1Cl. The molecule has 1 atom stereocenters. The lowest BCUT2D eigenvalue weighted by atomic mass is 9.99. The van der Waals surface area contributed by atoms with Crippen LogP contribution < -0.4 is 4.74 Å². The molecule has 106 valence electrons. The molecular weight excluding hydrogens is 279 g/mol. The molecule has 1 N–H and O–H groups in total. The number of rotatable bonds is 4. The minimum Gasteiger partial charge on any atom is -0.496 e. The first-order chi connectivity index (χ1) is 9.51. The summed E-state index contributed by atoms with van der Waals surface area (Å²) in [5.41, 5.74) is 2.28. The fraction of sp³-hybridized carbons (Fsp3) is 0.250. The van der Waals surface area contributed by atoms with Gasteiger partial charge < -0.3 is 9.84 Å². The molecule has 20 heavy (non-hydrogen) atoms. The summed E-state index contributed by atoms with van der Waals surface area (Å²) in [5.74, 6) is 0.248. The molecule has 1 unspecified atom stereocenters. The van der Waals surface area contributed by atoms with Gasteiger partial charge in [-0.15, -0.1) is 0 Å². The Balaban J connectivity index is 2.28. The molecule has 0 spiro atoms. The number of ether oxygens (including phenoxy) is 1. The van der Waals surface area contributed by atoms with E-state index in [9.17, 15) is 9.50 Å². The number of benzene rings is 2. The fourth-order valence-electron chi connectivity index (χ4n) is 2.11. The van der Waals surface area contributed by atoms with Gasteiger partial charge in [-0.25, -0.2) is 4.39 Å². The van der Waals surface area contributed by atoms with E-state index in [1.807, 2.05) is 25.1 Å². The Morgan fingerprint density at radius 3 is 2.70 bits per heavy atom. The highest BCUT2D eigenvalue weighted by atomic mass is 35.5. The summed E-state index contributed by atoms with van der Waals surface area (Å²) in [7, 11) is 1.56. The molecule has 0 aliphatic carbocycles. The molecule has 0 bridgehead atoms. The van der Waals surface area contributed by atoms with Crippen molar-refractivity contribution in [2.45, 2.75) is 19.4 Å². The van der Waals surface area contributed by atoms with Crippen molar-refractivity contribution in [2.24, 2.45) is 0 Å². The van der Waals surface area contributed by atoms with E-state index in [1.165, 1.54) is 18.2 Å². The van der Waals surface area contributed by atoms with Crippen molar-refractivity contribution in [3.8, 4) is 5.75 Å². The molecule has 0 radical (unpaired) electrons. The molecule has 0 saturated carbocycles. The normalized spacial score (nSPS) is 12.2. The first-order valence-corrected chi connectivity index (χ1v) is 6.65. The third-order valence-electron chi connectivity index (χ3n) is 3.17. The van der Waals surface area contributed by atoms with Crippen molar-refractivity contribution >= 4 is 11.6 Å². The van der Waals surface area contributed by atoms with Crippen molar-refractivity contribution in [2.75, 3.05) is 7.11 Å². The maximum Gasteiger partial charge on any atom is 0.124 e. The molecule has 2 aromatic carbocycles. The molecule has 0 aliphatic rings. The van der Waals surface area contributed by atoms with Gasteiger partial charge in [-0.3, -0.25) is 0 Å². The van der Waals surface area contributed by atoms with E-state index >= 15 is 0 Å². The molecule has 2 rings (SSSR count).